The molecule has 4 nitrogen and oxygen atoms in total. The maximum atomic E-state index is 13.3. The van der Waals surface area contributed by atoms with Gasteiger partial charge in [-0.15, -0.1) is 0 Å². The molecule has 33 heavy (non-hydrogen) atoms. The molecule has 0 fully saturated rings. The van der Waals surface area contributed by atoms with Crippen molar-refractivity contribution in [3.05, 3.63) is 93.2 Å². The highest BCUT2D eigenvalue weighted by atomic mass is 16.5. The summed E-state index contributed by atoms with van der Waals surface area (Å²) in [5.41, 5.74) is 6.59. The monoisotopic (exact) mass is 444 g/mol. The number of aliphatic hydroxyl groups excluding tert-OH is 2. The standard InChI is InChI=1S/C29H32O4/c1-16(2)21-9-12-23-18(4)14-24(26(23)19(5)13-21)29(22-10-7-17(3)8-11-22)28(32)27(31)20(6)25(15-30)33-29/h7-14,16,28,30,32H,15H2,1-6H3. The molecule has 0 saturated heterocycles. The molecule has 2 aliphatic carbocycles. The number of hydrogen-bond donors (Lipinski definition) is 2. The topological polar surface area (TPSA) is 66.8 Å². The first-order valence-corrected chi connectivity index (χ1v) is 11.4. The molecule has 1 aromatic rings. The molecule has 2 N–H and O–H groups in total. The molecule has 0 saturated carbocycles. The van der Waals surface area contributed by atoms with E-state index < -0.39 is 24.1 Å². The fraction of sp³-hybridized carbons (Fsp3) is 0.345. The van der Waals surface area contributed by atoms with Crippen molar-refractivity contribution < 1.29 is 19.7 Å². The van der Waals surface area contributed by atoms with Crippen LogP contribution in [0, 0.1) is 20.8 Å². The van der Waals surface area contributed by atoms with Gasteiger partial charge in [0.1, 0.15) is 12.4 Å². The smallest absolute Gasteiger partial charge is 0.195 e. The van der Waals surface area contributed by atoms with Gasteiger partial charge in [0.05, 0.1) is 0 Å². The molecule has 0 bridgehead atoms. The van der Waals surface area contributed by atoms with Crippen LogP contribution in [0.2, 0.25) is 0 Å². The highest BCUT2D eigenvalue weighted by Crippen LogP contribution is 2.50. The average Bonchev–Trinajstić information content (AvgIpc) is 3.01. The Morgan fingerprint density at radius 3 is 2.24 bits per heavy atom. The summed E-state index contributed by atoms with van der Waals surface area (Å²) in [5.74, 6) is 0.122. The lowest BCUT2D eigenvalue weighted by Gasteiger charge is -2.43. The van der Waals surface area contributed by atoms with Crippen molar-refractivity contribution in [3.8, 4) is 11.1 Å². The summed E-state index contributed by atoms with van der Waals surface area (Å²) in [4.78, 5) is 13.3. The van der Waals surface area contributed by atoms with E-state index in [-0.39, 0.29) is 11.3 Å². The van der Waals surface area contributed by atoms with Crippen LogP contribution in [-0.2, 0) is 15.1 Å². The van der Waals surface area contributed by atoms with Crippen molar-refractivity contribution in [3.63, 3.8) is 0 Å². The van der Waals surface area contributed by atoms with Gasteiger partial charge in [-0.1, -0.05) is 67.9 Å². The minimum Gasteiger partial charge on any atom is -0.476 e. The third kappa shape index (κ3) is 3.58. The second kappa shape index (κ2) is 8.44. The Hall–Kier alpha value is -2.95. The highest BCUT2D eigenvalue weighted by Gasteiger charge is 2.53. The molecule has 4 rings (SSSR count). The molecular formula is C29H32O4. The number of aliphatic hydroxyl groups is 2. The molecule has 1 heterocycles. The first-order valence-electron chi connectivity index (χ1n) is 11.4. The molecule has 3 aliphatic rings. The third-order valence-electron chi connectivity index (χ3n) is 6.94. The Labute approximate surface area is 195 Å². The normalized spacial score (nSPS) is 21.1. The van der Waals surface area contributed by atoms with E-state index in [1.54, 1.807) is 6.92 Å². The van der Waals surface area contributed by atoms with Crippen molar-refractivity contribution in [2.75, 3.05) is 6.61 Å². The zero-order valence-corrected chi connectivity index (χ0v) is 20.2. The number of aryl methyl sites for hydroxylation is 3. The number of benzene rings is 1. The molecule has 1 aromatic carbocycles. The van der Waals surface area contributed by atoms with Crippen LogP contribution in [0.25, 0.3) is 11.1 Å². The number of rotatable bonds is 4. The molecule has 2 atom stereocenters. The third-order valence-corrected chi connectivity index (χ3v) is 6.94. The quantitative estimate of drug-likeness (QED) is 0.572. The SMILES string of the molecule is CC1=C(CO)OC(c2ccc(C)cc2)(c2cc(C)c3ccc(C(C)C)cc(C)c2-3)C(O)C1=O. The lowest BCUT2D eigenvalue weighted by molar-refractivity contribution is -0.146. The molecule has 2 unspecified atom stereocenters. The Morgan fingerprint density at radius 2 is 1.64 bits per heavy atom. The van der Waals surface area contributed by atoms with Crippen LogP contribution in [0.1, 0.15) is 60.1 Å². The van der Waals surface area contributed by atoms with Gasteiger partial charge in [0, 0.05) is 16.7 Å². The van der Waals surface area contributed by atoms with Gasteiger partial charge in [-0.25, -0.2) is 0 Å². The van der Waals surface area contributed by atoms with Crippen LogP contribution in [0.4, 0.5) is 0 Å². The van der Waals surface area contributed by atoms with Crippen LogP contribution < -0.4 is 0 Å². The van der Waals surface area contributed by atoms with Gasteiger partial charge >= 0.3 is 0 Å². The molecule has 4 heteroatoms. The summed E-state index contributed by atoms with van der Waals surface area (Å²) in [7, 11) is 0. The number of carbonyl (C=O) groups excluding carboxylic acids is 1. The maximum Gasteiger partial charge on any atom is 0.195 e. The number of hydrogen-bond acceptors (Lipinski definition) is 4. The fourth-order valence-electron chi connectivity index (χ4n) is 4.93. The predicted molar refractivity (Wildman–Crippen MR) is 130 cm³/mol. The summed E-state index contributed by atoms with van der Waals surface area (Å²) >= 11 is 0. The van der Waals surface area contributed by atoms with Crippen molar-refractivity contribution in [2.24, 2.45) is 0 Å². The minimum atomic E-state index is -1.47. The van der Waals surface area contributed by atoms with Gasteiger partial charge in [0.25, 0.3) is 0 Å². The Balaban J connectivity index is 2.11. The van der Waals surface area contributed by atoms with E-state index in [4.69, 9.17) is 4.74 Å². The average molecular weight is 445 g/mol. The van der Waals surface area contributed by atoms with Crippen LogP contribution in [-0.4, -0.2) is 28.7 Å². The second-order valence-electron chi connectivity index (χ2n) is 9.52. The summed E-state index contributed by atoms with van der Waals surface area (Å²) in [5, 5.41) is 21.6. The van der Waals surface area contributed by atoms with E-state index in [1.165, 1.54) is 5.56 Å². The zero-order chi connectivity index (χ0) is 24.1. The molecule has 0 spiro atoms. The van der Waals surface area contributed by atoms with Gasteiger partial charge in [0.15, 0.2) is 17.5 Å². The van der Waals surface area contributed by atoms with E-state index in [2.05, 4.69) is 39.0 Å². The molecule has 1 aliphatic heterocycles. The fourth-order valence-corrected chi connectivity index (χ4v) is 4.93. The van der Waals surface area contributed by atoms with Crippen molar-refractivity contribution in [1.82, 2.24) is 0 Å². The van der Waals surface area contributed by atoms with Crippen LogP contribution in [0.3, 0.4) is 0 Å². The predicted octanol–water partition coefficient (Wildman–Crippen LogP) is 5.31. The van der Waals surface area contributed by atoms with Gasteiger partial charge in [0.2, 0.25) is 0 Å². The number of carbonyl (C=O) groups is 1. The number of ether oxygens (including phenoxy) is 1. The lowest BCUT2D eigenvalue weighted by atomic mass is 9.75. The molecule has 0 aromatic heterocycles. The highest BCUT2D eigenvalue weighted by molar-refractivity contribution is 6.01. The summed E-state index contributed by atoms with van der Waals surface area (Å²) in [6.45, 7) is 11.6. The summed E-state index contributed by atoms with van der Waals surface area (Å²) in [6, 6.07) is 16.1. The number of ketones is 1. The zero-order valence-electron chi connectivity index (χ0n) is 20.2. The Kier molecular flexibility index (Phi) is 5.94. The second-order valence-corrected chi connectivity index (χ2v) is 9.52. The lowest BCUT2D eigenvalue weighted by Crippen LogP contribution is -2.51. The van der Waals surface area contributed by atoms with E-state index >= 15 is 0 Å². The number of fused-ring (bicyclic) bond motifs is 1. The molecule has 0 amide bonds. The van der Waals surface area contributed by atoms with Gasteiger partial charge < -0.3 is 14.9 Å². The first-order chi connectivity index (χ1) is 15.6. The molecule has 0 radical (unpaired) electrons. The Morgan fingerprint density at radius 1 is 0.970 bits per heavy atom. The van der Waals surface area contributed by atoms with E-state index in [1.807, 2.05) is 44.2 Å². The van der Waals surface area contributed by atoms with Crippen LogP contribution in [0.15, 0.2) is 59.9 Å². The van der Waals surface area contributed by atoms with Crippen LogP contribution >= 0.6 is 0 Å². The summed E-state index contributed by atoms with van der Waals surface area (Å²) in [6.07, 6.45) is -1.45. The van der Waals surface area contributed by atoms with Gasteiger partial charge in [-0.05, 0) is 61.4 Å². The van der Waals surface area contributed by atoms with Crippen molar-refractivity contribution >= 4 is 5.78 Å². The van der Waals surface area contributed by atoms with E-state index in [0.717, 1.165) is 33.4 Å². The number of Topliss-reactive ketones (excluding diaryl/α,β-unsaturated/α-hetero) is 1. The van der Waals surface area contributed by atoms with Gasteiger partial charge in [-0.2, -0.15) is 0 Å². The van der Waals surface area contributed by atoms with E-state index in [9.17, 15) is 15.0 Å². The van der Waals surface area contributed by atoms with Crippen molar-refractivity contribution in [2.45, 2.75) is 59.2 Å². The maximum absolute atomic E-state index is 13.3. The summed E-state index contributed by atoms with van der Waals surface area (Å²) < 4.78 is 6.47. The largest absolute Gasteiger partial charge is 0.476 e. The van der Waals surface area contributed by atoms with Crippen molar-refractivity contribution in [1.29, 1.82) is 0 Å². The Bertz CT molecular complexity index is 1220. The van der Waals surface area contributed by atoms with Crippen LogP contribution in [0.5, 0.6) is 0 Å². The minimum absolute atomic E-state index is 0.193. The molecular weight excluding hydrogens is 412 g/mol. The first kappa shape index (κ1) is 23.2. The molecule has 172 valence electrons. The van der Waals surface area contributed by atoms with Gasteiger partial charge in [-0.3, -0.25) is 4.79 Å². The van der Waals surface area contributed by atoms with E-state index in [0.29, 0.717) is 11.5 Å².